The van der Waals surface area contributed by atoms with Gasteiger partial charge in [0, 0.05) is 13.0 Å². The lowest BCUT2D eigenvalue weighted by Crippen LogP contribution is -2.57. The van der Waals surface area contributed by atoms with Gasteiger partial charge in [-0.15, -0.1) is 0 Å². The Balaban J connectivity index is 3.08. The van der Waals surface area contributed by atoms with Crippen molar-refractivity contribution < 1.29 is 29.4 Å². The number of hydrogen-bond donors (Lipinski definition) is 8. The molecule has 0 heterocycles. The Hall–Kier alpha value is -3.87. The summed E-state index contributed by atoms with van der Waals surface area (Å²) in [6.07, 6.45) is 1.14. The van der Waals surface area contributed by atoms with Crippen molar-refractivity contribution in [2.75, 3.05) is 13.1 Å². The SMILES string of the molecule is CCC(C)C(N)C(=O)NC(Cc1ccc(O)cc1)C(=O)NC(CCCN=C(N)N)C(=O)NCC(=O)O. The molecule has 0 aliphatic carbocycles. The largest absolute Gasteiger partial charge is 0.508 e. The highest BCUT2D eigenvalue weighted by Gasteiger charge is 2.29. The van der Waals surface area contributed by atoms with Crippen LogP contribution in [0.1, 0.15) is 38.7 Å². The van der Waals surface area contributed by atoms with E-state index in [1.807, 2.05) is 13.8 Å². The summed E-state index contributed by atoms with van der Waals surface area (Å²) in [4.78, 5) is 53.2. The van der Waals surface area contributed by atoms with E-state index >= 15 is 0 Å². The highest BCUT2D eigenvalue weighted by atomic mass is 16.4. The normalized spacial score (nSPS) is 14.0. The van der Waals surface area contributed by atoms with E-state index in [0.717, 1.165) is 0 Å². The maximum atomic E-state index is 13.2. The molecule has 36 heavy (non-hydrogen) atoms. The third-order valence-electron chi connectivity index (χ3n) is 5.56. The summed E-state index contributed by atoms with van der Waals surface area (Å²) >= 11 is 0. The number of amides is 3. The van der Waals surface area contributed by atoms with Crippen molar-refractivity contribution in [1.29, 1.82) is 0 Å². The number of hydrogen-bond acceptors (Lipinski definition) is 7. The van der Waals surface area contributed by atoms with Crippen LogP contribution in [0, 0.1) is 5.92 Å². The number of rotatable bonds is 15. The Morgan fingerprint density at radius 2 is 1.61 bits per heavy atom. The molecule has 0 bridgehead atoms. The zero-order valence-corrected chi connectivity index (χ0v) is 20.6. The van der Waals surface area contributed by atoms with Crippen molar-refractivity contribution in [3.05, 3.63) is 29.8 Å². The number of carboxylic acid groups (broad SMARTS) is 1. The van der Waals surface area contributed by atoms with E-state index in [9.17, 15) is 24.3 Å². The molecule has 0 aliphatic rings. The summed E-state index contributed by atoms with van der Waals surface area (Å²) in [5.41, 5.74) is 17.3. The van der Waals surface area contributed by atoms with E-state index in [4.69, 9.17) is 22.3 Å². The number of benzene rings is 1. The first kappa shape index (κ1) is 30.2. The van der Waals surface area contributed by atoms with Gasteiger partial charge in [-0.05, 0) is 36.5 Å². The molecule has 0 spiro atoms. The third kappa shape index (κ3) is 11.0. The van der Waals surface area contributed by atoms with Gasteiger partial charge in [0.05, 0.1) is 6.04 Å². The number of nitrogens with zero attached hydrogens (tertiary/aromatic N) is 1. The van der Waals surface area contributed by atoms with E-state index in [1.54, 1.807) is 12.1 Å². The Kier molecular flexibility index (Phi) is 12.7. The molecule has 13 nitrogen and oxygen atoms in total. The minimum Gasteiger partial charge on any atom is -0.508 e. The minimum absolute atomic E-state index is 0.0403. The van der Waals surface area contributed by atoms with Crippen molar-refractivity contribution >= 4 is 29.7 Å². The van der Waals surface area contributed by atoms with Gasteiger partial charge in [-0.1, -0.05) is 32.4 Å². The molecule has 0 aromatic heterocycles. The lowest BCUT2D eigenvalue weighted by molar-refractivity contribution is -0.138. The van der Waals surface area contributed by atoms with Gasteiger partial charge in [0.1, 0.15) is 24.4 Å². The van der Waals surface area contributed by atoms with Crippen molar-refractivity contribution in [2.45, 2.75) is 57.7 Å². The first-order valence-electron chi connectivity index (χ1n) is 11.6. The first-order valence-corrected chi connectivity index (χ1v) is 11.6. The molecule has 1 aromatic rings. The zero-order chi connectivity index (χ0) is 27.3. The van der Waals surface area contributed by atoms with E-state index in [0.29, 0.717) is 18.4 Å². The number of phenols is 1. The Bertz CT molecular complexity index is 918. The number of guanidine groups is 1. The molecule has 4 atom stereocenters. The summed E-state index contributed by atoms with van der Waals surface area (Å²) in [7, 11) is 0. The number of aliphatic imine (C=N–C) groups is 1. The lowest BCUT2D eigenvalue weighted by atomic mass is 9.98. The Morgan fingerprint density at radius 1 is 1.00 bits per heavy atom. The van der Waals surface area contributed by atoms with Crippen LogP contribution in [0.5, 0.6) is 5.75 Å². The standard InChI is InChI=1S/C23H37N7O6/c1-3-13(2)19(24)22(36)30-17(11-14-6-8-15(31)9-7-14)21(35)29-16(5-4-10-27-23(25)26)20(34)28-12-18(32)33/h6-9,13,16-17,19,31H,3-5,10-12,24H2,1-2H3,(H,28,34)(H,29,35)(H,30,36)(H,32,33)(H4,25,26,27). The van der Waals surface area contributed by atoms with Gasteiger partial charge in [0.25, 0.3) is 0 Å². The summed E-state index contributed by atoms with van der Waals surface area (Å²) < 4.78 is 0. The molecule has 0 aliphatic heterocycles. The van der Waals surface area contributed by atoms with Gasteiger partial charge < -0.3 is 43.4 Å². The highest BCUT2D eigenvalue weighted by molar-refractivity contribution is 5.93. The lowest BCUT2D eigenvalue weighted by Gasteiger charge is -2.25. The van der Waals surface area contributed by atoms with Crippen LogP contribution in [0.25, 0.3) is 0 Å². The molecule has 1 rings (SSSR count). The van der Waals surface area contributed by atoms with Crippen molar-refractivity contribution in [2.24, 2.45) is 28.1 Å². The number of carbonyl (C=O) groups excluding carboxylic acids is 3. The molecule has 0 radical (unpaired) electrons. The van der Waals surface area contributed by atoms with Crippen LogP contribution >= 0.6 is 0 Å². The fourth-order valence-electron chi connectivity index (χ4n) is 3.19. The van der Waals surface area contributed by atoms with Crippen molar-refractivity contribution in [3.63, 3.8) is 0 Å². The second kappa shape index (κ2) is 15.2. The average molecular weight is 508 g/mol. The summed E-state index contributed by atoms with van der Waals surface area (Å²) in [6, 6.07) is 3.05. The number of aromatic hydroxyl groups is 1. The second-order valence-corrected chi connectivity index (χ2v) is 8.46. The Labute approximate surface area is 209 Å². The van der Waals surface area contributed by atoms with Gasteiger partial charge in [-0.2, -0.15) is 0 Å². The van der Waals surface area contributed by atoms with Crippen LogP contribution < -0.4 is 33.2 Å². The van der Waals surface area contributed by atoms with Gasteiger partial charge in [0.15, 0.2) is 5.96 Å². The molecule has 0 saturated heterocycles. The summed E-state index contributed by atoms with van der Waals surface area (Å²) in [5, 5.41) is 25.9. The molecule has 4 unspecified atom stereocenters. The molecule has 3 amide bonds. The molecule has 13 heteroatoms. The van der Waals surface area contributed by atoms with Crippen LogP contribution in [-0.2, 0) is 25.6 Å². The smallest absolute Gasteiger partial charge is 0.322 e. The number of nitrogens with two attached hydrogens (primary N) is 3. The first-order chi connectivity index (χ1) is 16.9. The van der Waals surface area contributed by atoms with Crippen LogP contribution in [0.15, 0.2) is 29.3 Å². The summed E-state index contributed by atoms with van der Waals surface area (Å²) in [5.74, 6) is -3.36. The maximum Gasteiger partial charge on any atom is 0.322 e. The van der Waals surface area contributed by atoms with Gasteiger partial charge >= 0.3 is 5.97 Å². The van der Waals surface area contributed by atoms with Gasteiger partial charge in [-0.3, -0.25) is 24.2 Å². The molecule has 0 fully saturated rings. The molecular weight excluding hydrogens is 470 g/mol. The Morgan fingerprint density at radius 3 is 2.17 bits per heavy atom. The van der Waals surface area contributed by atoms with E-state index in [2.05, 4.69) is 20.9 Å². The maximum absolute atomic E-state index is 13.2. The zero-order valence-electron chi connectivity index (χ0n) is 20.6. The van der Waals surface area contributed by atoms with E-state index < -0.39 is 48.4 Å². The van der Waals surface area contributed by atoms with Crippen LogP contribution in [0.2, 0.25) is 0 Å². The van der Waals surface area contributed by atoms with E-state index in [-0.39, 0.29) is 37.0 Å². The highest BCUT2D eigenvalue weighted by Crippen LogP contribution is 2.13. The molecule has 11 N–H and O–H groups in total. The van der Waals surface area contributed by atoms with E-state index in [1.165, 1.54) is 12.1 Å². The quantitative estimate of drug-likeness (QED) is 0.0784. The number of phenolic OH excluding ortho intramolecular Hbond substituents is 1. The van der Waals surface area contributed by atoms with Gasteiger partial charge in [-0.25, -0.2) is 0 Å². The fraction of sp³-hybridized carbons (Fsp3) is 0.522. The fourth-order valence-corrected chi connectivity index (χ4v) is 3.19. The molecule has 0 saturated carbocycles. The molecular formula is C23H37N7O6. The monoisotopic (exact) mass is 507 g/mol. The minimum atomic E-state index is -1.24. The third-order valence-corrected chi connectivity index (χ3v) is 5.56. The topological polar surface area (TPSA) is 235 Å². The van der Waals surface area contributed by atoms with Gasteiger partial charge in [0.2, 0.25) is 17.7 Å². The van der Waals surface area contributed by atoms with Crippen LogP contribution in [0.4, 0.5) is 0 Å². The predicted octanol–water partition coefficient (Wildman–Crippen LogP) is -1.47. The predicted molar refractivity (Wildman–Crippen MR) is 134 cm³/mol. The molecule has 1 aromatic carbocycles. The summed E-state index contributed by atoms with van der Waals surface area (Å²) in [6.45, 7) is 3.27. The van der Waals surface area contributed by atoms with Crippen LogP contribution in [0.3, 0.4) is 0 Å². The number of nitrogens with one attached hydrogen (secondary N) is 3. The van der Waals surface area contributed by atoms with Crippen molar-refractivity contribution in [1.82, 2.24) is 16.0 Å². The molecule has 200 valence electrons. The van der Waals surface area contributed by atoms with Crippen LogP contribution in [-0.4, -0.2) is 71.1 Å². The van der Waals surface area contributed by atoms with Crippen molar-refractivity contribution in [3.8, 4) is 5.75 Å². The number of aliphatic carboxylic acids is 1. The average Bonchev–Trinajstić information content (AvgIpc) is 2.83. The second-order valence-electron chi connectivity index (χ2n) is 8.46. The number of carboxylic acids is 1. The number of carbonyl (C=O) groups is 4.